The van der Waals surface area contributed by atoms with Crippen LogP contribution in [0.3, 0.4) is 0 Å². The van der Waals surface area contributed by atoms with Gasteiger partial charge in [0.2, 0.25) is 0 Å². The minimum Gasteiger partial charge on any atom is -0.744 e. The standard InChI is InChI=1S/C33H36N2O6S/c1-4-35(15-7-5-6-8-32(36)37)27-13-10-24-18-29-31(41-30(24)20-27)19-26(21-33(29,2)3)34-25-12-9-23-17-28(42(38,39)40)14-11-22(23)16-25/h9-14,16-20,34H,4-8,15,21H2,1-3H3,(H-,36,37,38,39,40). The van der Waals surface area contributed by atoms with Gasteiger partial charge in [0.1, 0.15) is 10.1 Å². The Labute approximate surface area is 246 Å². The van der Waals surface area contributed by atoms with Crippen LogP contribution in [0, 0.1) is 0 Å². The molecule has 0 saturated heterocycles. The van der Waals surface area contributed by atoms with Crippen molar-refractivity contribution < 1.29 is 27.3 Å². The Kier molecular flexibility index (Phi) is 8.25. The normalized spacial score (nSPS) is 14.4. The molecule has 8 nitrogen and oxygen atoms in total. The van der Waals surface area contributed by atoms with E-state index in [9.17, 15) is 17.8 Å². The van der Waals surface area contributed by atoms with Crippen LogP contribution in [0.5, 0.6) is 0 Å². The summed E-state index contributed by atoms with van der Waals surface area (Å²) in [6, 6.07) is 18.5. The third kappa shape index (κ3) is 6.58. The van der Waals surface area contributed by atoms with Crippen LogP contribution >= 0.6 is 0 Å². The van der Waals surface area contributed by atoms with E-state index in [0.717, 1.165) is 77.1 Å². The lowest BCUT2D eigenvalue weighted by Crippen LogP contribution is -2.25. The van der Waals surface area contributed by atoms with Gasteiger partial charge in [-0.1, -0.05) is 32.4 Å². The van der Waals surface area contributed by atoms with Crippen molar-refractivity contribution in [1.29, 1.82) is 0 Å². The predicted octanol–water partition coefficient (Wildman–Crippen LogP) is 7.38. The van der Waals surface area contributed by atoms with E-state index in [2.05, 4.69) is 55.3 Å². The number of unbranched alkanes of at least 4 members (excludes halogenated alkanes) is 2. The van der Waals surface area contributed by atoms with Crippen molar-refractivity contribution in [2.24, 2.45) is 0 Å². The fraction of sp³-hybridized carbons (Fsp3) is 0.333. The third-order valence-electron chi connectivity index (χ3n) is 7.92. The molecule has 42 heavy (non-hydrogen) atoms. The highest BCUT2D eigenvalue weighted by Crippen LogP contribution is 2.41. The van der Waals surface area contributed by atoms with E-state index < -0.39 is 16.1 Å². The Hall–Kier alpha value is -3.95. The smallest absolute Gasteiger partial charge is 0.362 e. The molecule has 220 valence electrons. The van der Waals surface area contributed by atoms with E-state index in [1.165, 1.54) is 12.1 Å². The van der Waals surface area contributed by atoms with E-state index in [4.69, 9.17) is 9.52 Å². The molecule has 1 aliphatic carbocycles. The Bertz CT molecular complexity index is 1800. The Balaban J connectivity index is 1.39. The van der Waals surface area contributed by atoms with Crippen LogP contribution < -0.4 is 10.2 Å². The molecule has 2 N–H and O–H groups in total. The fourth-order valence-electron chi connectivity index (χ4n) is 5.69. The average molecular weight is 589 g/mol. The number of benzene rings is 3. The molecule has 0 saturated carbocycles. The average Bonchev–Trinajstić information content (AvgIpc) is 2.92. The van der Waals surface area contributed by atoms with Crippen LogP contribution in [0.4, 0.5) is 11.4 Å². The molecule has 1 heterocycles. The summed E-state index contributed by atoms with van der Waals surface area (Å²) in [5, 5.41) is 14.9. The number of aliphatic carboxylic acids is 1. The second-order valence-electron chi connectivity index (χ2n) is 11.6. The minimum atomic E-state index is -4.51. The SMILES string of the molecule is CCN(CCCCCC(=O)O)c1ccc2cc3c([o+]c2c1)C=C(Nc1ccc2cc(S(=O)(=O)[O-])ccc2c1)CC3(C)C. The highest BCUT2D eigenvalue weighted by Gasteiger charge is 2.36. The van der Waals surface area contributed by atoms with E-state index >= 15 is 0 Å². The van der Waals surface area contributed by atoms with Crippen molar-refractivity contribution >= 4 is 55.3 Å². The molecule has 9 heteroatoms. The number of nitrogens with zero attached hydrogens (tertiary/aromatic N) is 1. The van der Waals surface area contributed by atoms with E-state index in [-0.39, 0.29) is 16.7 Å². The summed E-state index contributed by atoms with van der Waals surface area (Å²) in [6.07, 6.45) is 5.53. The summed E-state index contributed by atoms with van der Waals surface area (Å²) in [5.74, 6) is 0.0608. The van der Waals surface area contributed by atoms with Gasteiger partial charge in [-0.15, -0.1) is 0 Å². The molecule has 0 atom stereocenters. The quantitative estimate of drug-likeness (QED) is 0.106. The predicted molar refractivity (Wildman–Crippen MR) is 166 cm³/mol. The lowest BCUT2D eigenvalue weighted by molar-refractivity contribution is -0.137. The number of allylic oxidation sites excluding steroid dienone is 1. The first-order valence-electron chi connectivity index (χ1n) is 14.3. The molecule has 4 aromatic rings. The Morgan fingerprint density at radius 3 is 2.48 bits per heavy atom. The van der Waals surface area contributed by atoms with Crippen molar-refractivity contribution in [2.45, 2.75) is 63.2 Å². The molecular formula is C33H36N2O6S. The van der Waals surface area contributed by atoms with Gasteiger partial charge in [-0.3, -0.25) is 4.79 Å². The molecule has 0 radical (unpaired) electrons. The first kappa shape index (κ1) is 29.5. The molecule has 0 amide bonds. The van der Waals surface area contributed by atoms with Gasteiger partial charge in [0, 0.05) is 42.0 Å². The maximum absolute atomic E-state index is 11.4. The number of nitrogens with one attached hydrogen (secondary N) is 1. The molecule has 0 fully saturated rings. The van der Waals surface area contributed by atoms with Crippen molar-refractivity contribution in [2.75, 3.05) is 23.3 Å². The number of hydrogen-bond donors (Lipinski definition) is 2. The van der Waals surface area contributed by atoms with Crippen LogP contribution in [0.2, 0.25) is 0 Å². The number of hydrogen-bond acceptors (Lipinski definition) is 6. The Morgan fingerprint density at radius 1 is 1.00 bits per heavy atom. The second-order valence-corrected chi connectivity index (χ2v) is 12.9. The maximum atomic E-state index is 11.4. The summed E-state index contributed by atoms with van der Waals surface area (Å²) in [5.41, 5.74) is 4.70. The van der Waals surface area contributed by atoms with Gasteiger partial charge in [0.05, 0.1) is 28.0 Å². The van der Waals surface area contributed by atoms with E-state index in [1.807, 2.05) is 18.2 Å². The number of carboxylic acids is 1. The number of rotatable bonds is 11. The fourth-order valence-corrected chi connectivity index (χ4v) is 6.20. The summed E-state index contributed by atoms with van der Waals surface area (Å²) >= 11 is 0. The molecule has 1 aliphatic rings. The number of anilines is 2. The van der Waals surface area contributed by atoms with Crippen molar-refractivity contribution in [3.8, 4) is 0 Å². The number of carboxylic acid groups (broad SMARTS) is 1. The van der Waals surface area contributed by atoms with Gasteiger partial charge < -0.3 is 19.9 Å². The second kappa shape index (κ2) is 11.7. The first-order chi connectivity index (χ1) is 19.9. The van der Waals surface area contributed by atoms with Crippen LogP contribution in [0.25, 0.3) is 27.8 Å². The third-order valence-corrected chi connectivity index (χ3v) is 8.75. The molecule has 0 aliphatic heterocycles. The Morgan fingerprint density at radius 2 is 1.74 bits per heavy atom. The van der Waals surface area contributed by atoms with Gasteiger partial charge in [0.15, 0.2) is 0 Å². The molecule has 0 unspecified atom stereocenters. The maximum Gasteiger partial charge on any atom is 0.362 e. The zero-order chi connectivity index (χ0) is 30.1. The molecule has 3 aromatic carbocycles. The highest BCUT2D eigenvalue weighted by molar-refractivity contribution is 7.85. The van der Waals surface area contributed by atoms with Gasteiger partial charge in [-0.2, -0.15) is 0 Å². The van der Waals surface area contributed by atoms with Gasteiger partial charge in [-0.05, 0) is 79.4 Å². The summed E-state index contributed by atoms with van der Waals surface area (Å²) < 4.78 is 40.7. The zero-order valence-corrected chi connectivity index (χ0v) is 25.0. The summed E-state index contributed by atoms with van der Waals surface area (Å²) in [6.45, 7) is 8.21. The molecule has 1 aromatic heterocycles. The zero-order valence-electron chi connectivity index (χ0n) is 24.1. The van der Waals surface area contributed by atoms with Crippen molar-refractivity contribution in [1.82, 2.24) is 0 Å². The summed E-state index contributed by atoms with van der Waals surface area (Å²) in [7, 11) is -4.51. The summed E-state index contributed by atoms with van der Waals surface area (Å²) in [4.78, 5) is 12.8. The highest BCUT2D eigenvalue weighted by atomic mass is 32.2. The first-order valence-corrected chi connectivity index (χ1v) is 15.7. The van der Waals surface area contributed by atoms with Gasteiger partial charge in [-0.25, -0.2) is 12.8 Å². The molecular weight excluding hydrogens is 552 g/mol. The molecule has 0 bridgehead atoms. The lowest BCUT2D eigenvalue weighted by Gasteiger charge is -2.29. The number of fused-ring (bicyclic) bond motifs is 3. The van der Waals surface area contributed by atoms with Crippen molar-refractivity contribution in [3.05, 3.63) is 77.7 Å². The van der Waals surface area contributed by atoms with Crippen LogP contribution in [-0.2, 0) is 20.3 Å². The largest absolute Gasteiger partial charge is 0.744 e. The molecule has 0 spiro atoms. The monoisotopic (exact) mass is 588 g/mol. The van der Waals surface area contributed by atoms with Gasteiger partial charge in [0.25, 0.3) is 0 Å². The number of carbonyl (C=O) groups is 1. The van der Waals surface area contributed by atoms with Crippen molar-refractivity contribution in [3.63, 3.8) is 0 Å². The molecule has 5 rings (SSSR count). The van der Waals surface area contributed by atoms with Gasteiger partial charge >= 0.3 is 17.3 Å². The lowest BCUT2D eigenvalue weighted by atomic mass is 9.76. The van der Waals surface area contributed by atoms with E-state index in [1.54, 1.807) is 12.1 Å². The topological polar surface area (TPSA) is 121 Å². The minimum absolute atomic E-state index is 0.178. The van der Waals surface area contributed by atoms with E-state index in [0.29, 0.717) is 11.8 Å². The van der Waals surface area contributed by atoms with Crippen LogP contribution in [0.1, 0.15) is 64.2 Å². The van der Waals surface area contributed by atoms with Crippen LogP contribution in [-0.4, -0.2) is 37.1 Å². The van der Waals surface area contributed by atoms with Crippen LogP contribution in [0.15, 0.2) is 75.7 Å².